The van der Waals surface area contributed by atoms with E-state index in [9.17, 15) is 4.79 Å². The number of amides is 1. The first-order valence-electron chi connectivity index (χ1n) is 7.07. The summed E-state index contributed by atoms with van der Waals surface area (Å²) in [4.78, 5) is 12.2. The number of rotatable bonds is 5. The van der Waals surface area contributed by atoms with Gasteiger partial charge >= 0.3 is 0 Å². The van der Waals surface area contributed by atoms with Gasteiger partial charge in [-0.1, -0.05) is 24.3 Å². The maximum atomic E-state index is 12.2. The molecule has 0 saturated carbocycles. The molecule has 1 N–H and O–H groups in total. The third-order valence-corrected chi connectivity index (χ3v) is 4.59. The molecule has 2 aromatic rings. The van der Waals surface area contributed by atoms with E-state index >= 15 is 0 Å². The SMILES string of the molecule is Cc1ccccc1CS[C@@H](C)C(=O)Nc1ccc(C#N)cc1. The molecule has 3 nitrogen and oxygen atoms in total. The molecule has 0 spiro atoms. The van der Waals surface area contributed by atoms with E-state index in [4.69, 9.17) is 5.26 Å². The minimum atomic E-state index is -0.143. The molecule has 2 rings (SSSR count). The van der Waals surface area contributed by atoms with Crippen LogP contribution in [0.2, 0.25) is 0 Å². The molecule has 0 radical (unpaired) electrons. The van der Waals surface area contributed by atoms with Crippen molar-refractivity contribution < 1.29 is 4.79 Å². The first-order valence-corrected chi connectivity index (χ1v) is 8.12. The fraction of sp³-hybridized carbons (Fsp3) is 0.222. The van der Waals surface area contributed by atoms with Crippen LogP contribution in [0.25, 0.3) is 0 Å². The Bertz CT molecular complexity index is 689. The van der Waals surface area contributed by atoms with Gasteiger partial charge in [-0.05, 0) is 49.2 Å². The molecule has 0 saturated heterocycles. The number of anilines is 1. The third kappa shape index (κ3) is 4.37. The Hall–Kier alpha value is -2.25. The van der Waals surface area contributed by atoms with Crippen molar-refractivity contribution in [2.45, 2.75) is 24.9 Å². The van der Waals surface area contributed by atoms with Gasteiger partial charge in [0.05, 0.1) is 16.9 Å². The van der Waals surface area contributed by atoms with Crippen LogP contribution in [-0.4, -0.2) is 11.2 Å². The van der Waals surface area contributed by atoms with E-state index in [2.05, 4.69) is 30.4 Å². The van der Waals surface area contributed by atoms with Crippen LogP contribution in [0, 0.1) is 18.3 Å². The summed E-state index contributed by atoms with van der Waals surface area (Å²) in [6, 6.07) is 17.1. The Morgan fingerprint density at radius 1 is 1.23 bits per heavy atom. The topological polar surface area (TPSA) is 52.9 Å². The van der Waals surface area contributed by atoms with E-state index in [1.807, 2.05) is 19.1 Å². The molecule has 0 fully saturated rings. The van der Waals surface area contributed by atoms with Crippen molar-refractivity contribution in [3.63, 3.8) is 0 Å². The highest BCUT2D eigenvalue weighted by molar-refractivity contribution is 7.99. The zero-order valence-electron chi connectivity index (χ0n) is 12.7. The van der Waals surface area contributed by atoms with E-state index in [-0.39, 0.29) is 11.2 Å². The van der Waals surface area contributed by atoms with Crippen LogP contribution in [0.4, 0.5) is 5.69 Å². The van der Waals surface area contributed by atoms with Crippen molar-refractivity contribution in [2.24, 2.45) is 0 Å². The molecule has 112 valence electrons. The number of carbonyl (C=O) groups excluding carboxylic acids is 1. The highest BCUT2D eigenvalue weighted by Gasteiger charge is 2.14. The van der Waals surface area contributed by atoms with Crippen LogP contribution in [0.5, 0.6) is 0 Å². The van der Waals surface area contributed by atoms with E-state index in [0.717, 1.165) is 5.75 Å². The number of benzene rings is 2. The van der Waals surface area contributed by atoms with Gasteiger partial charge in [-0.25, -0.2) is 0 Å². The molecule has 0 aromatic heterocycles. The quantitative estimate of drug-likeness (QED) is 0.903. The van der Waals surface area contributed by atoms with Gasteiger partial charge in [0.25, 0.3) is 0 Å². The fourth-order valence-corrected chi connectivity index (χ4v) is 2.90. The fourth-order valence-electron chi connectivity index (χ4n) is 1.93. The van der Waals surface area contributed by atoms with E-state index in [1.54, 1.807) is 36.0 Å². The number of hydrogen-bond acceptors (Lipinski definition) is 3. The van der Waals surface area contributed by atoms with Crippen molar-refractivity contribution in [2.75, 3.05) is 5.32 Å². The monoisotopic (exact) mass is 310 g/mol. The Morgan fingerprint density at radius 2 is 1.91 bits per heavy atom. The van der Waals surface area contributed by atoms with Crippen molar-refractivity contribution in [1.82, 2.24) is 0 Å². The molecule has 2 aromatic carbocycles. The van der Waals surface area contributed by atoms with Gasteiger partial charge in [0.2, 0.25) is 5.91 Å². The summed E-state index contributed by atoms with van der Waals surface area (Å²) in [7, 11) is 0. The highest BCUT2D eigenvalue weighted by atomic mass is 32.2. The normalized spacial score (nSPS) is 11.5. The van der Waals surface area contributed by atoms with Crippen LogP contribution >= 0.6 is 11.8 Å². The lowest BCUT2D eigenvalue weighted by molar-refractivity contribution is -0.115. The number of nitriles is 1. The second kappa shape index (κ2) is 7.67. The van der Waals surface area contributed by atoms with Crippen LogP contribution in [0.1, 0.15) is 23.6 Å². The van der Waals surface area contributed by atoms with Crippen LogP contribution in [0.3, 0.4) is 0 Å². The summed E-state index contributed by atoms with van der Waals surface area (Å²) in [5.41, 5.74) is 3.80. The second-order valence-electron chi connectivity index (χ2n) is 5.06. The average molecular weight is 310 g/mol. The Labute approximate surface area is 135 Å². The zero-order chi connectivity index (χ0) is 15.9. The largest absolute Gasteiger partial charge is 0.325 e. The first-order chi connectivity index (χ1) is 10.6. The predicted molar refractivity (Wildman–Crippen MR) is 91.7 cm³/mol. The van der Waals surface area contributed by atoms with Crippen molar-refractivity contribution in [3.05, 3.63) is 65.2 Å². The predicted octanol–water partition coefficient (Wildman–Crippen LogP) is 4.13. The summed E-state index contributed by atoms with van der Waals surface area (Å²) >= 11 is 1.61. The number of nitrogens with zero attached hydrogens (tertiary/aromatic N) is 1. The van der Waals surface area contributed by atoms with Crippen LogP contribution < -0.4 is 5.32 Å². The Morgan fingerprint density at radius 3 is 2.55 bits per heavy atom. The maximum Gasteiger partial charge on any atom is 0.237 e. The summed E-state index contributed by atoms with van der Waals surface area (Å²) in [6.07, 6.45) is 0. The minimum Gasteiger partial charge on any atom is -0.325 e. The van der Waals surface area contributed by atoms with Gasteiger partial charge < -0.3 is 5.32 Å². The molecule has 0 aliphatic carbocycles. The average Bonchev–Trinajstić information content (AvgIpc) is 2.54. The van der Waals surface area contributed by atoms with E-state index in [0.29, 0.717) is 11.3 Å². The number of hydrogen-bond donors (Lipinski definition) is 1. The molecular formula is C18H18N2OS. The van der Waals surface area contributed by atoms with Gasteiger partial charge in [-0.3, -0.25) is 4.79 Å². The molecule has 0 aliphatic rings. The summed E-state index contributed by atoms with van der Waals surface area (Å²) in [6.45, 7) is 3.99. The van der Waals surface area contributed by atoms with Crippen LogP contribution in [-0.2, 0) is 10.5 Å². The van der Waals surface area contributed by atoms with Gasteiger partial charge in [0, 0.05) is 11.4 Å². The molecular weight excluding hydrogens is 292 g/mol. The summed E-state index contributed by atoms with van der Waals surface area (Å²) < 4.78 is 0. The smallest absolute Gasteiger partial charge is 0.237 e. The summed E-state index contributed by atoms with van der Waals surface area (Å²) in [5.74, 6) is 0.789. The first kappa shape index (κ1) is 16.1. The molecule has 1 amide bonds. The van der Waals surface area contributed by atoms with Crippen molar-refractivity contribution in [3.8, 4) is 6.07 Å². The lowest BCUT2D eigenvalue weighted by Gasteiger charge is -2.13. The molecule has 4 heteroatoms. The Balaban J connectivity index is 1.89. The van der Waals surface area contributed by atoms with E-state index in [1.165, 1.54) is 11.1 Å². The molecule has 0 bridgehead atoms. The van der Waals surface area contributed by atoms with Gasteiger partial charge in [0.1, 0.15) is 0 Å². The molecule has 22 heavy (non-hydrogen) atoms. The van der Waals surface area contributed by atoms with Crippen LogP contribution in [0.15, 0.2) is 48.5 Å². The van der Waals surface area contributed by atoms with Crippen molar-refractivity contribution >= 4 is 23.4 Å². The van der Waals surface area contributed by atoms with Gasteiger partial charge in [0.15, 0.2) is 0 Å². The second-order valence-corrected chi connectivity index (χ2v) is 6.39. The zero-order valence-corrected chi connectivity index (χ0v) is 13.5. The third-order valence-electron chi connectivity index (χ3n) is 3.40. The highest BCUT2D eigenvalue weighted by Crippen LogP contribution is 2.21. The number of carbonyl (C=O) groups is 1. The number of nitrogens with one attached hydrogen (secondary N) is 1. The maximum absolute atomic E-state index is 12.2. The molecule has 0 unspecified atom stereocenters. The van der Waals surface area contributed by atoms with E-state index < -0.39 is 0 Å². The number of thioether (sulfide) groups is 1. The molecule has 0 aliphatic heterocycles. The lowest BCUT2D eigenvalue weighted by atomic mass is 10.1. The summed E-state index contributed by atoms with van der Waals surface area (Å²) in [5, 5.41) is 11.5. The van der Waals surface area contributed by atoms with Gasteiger partial charge in [-0.15, -0.1) is 11.8 Å². The molecule has 1 atom stereocenters. The van der Waals surface area contributed by atoms with Crippen molar-refractivity contribution in [1.29, 1.82) is 5.26 Å². The van der Waals surface area contributed by atoms with Gasteiger partial charge in [-0.2, -0.15) is 5.26 Å². The number of aryl methyl sites for hydroxylation is 1. The minimum absolute atomic E-state index is 0.0247. The Kier molecular flexibility index (Phi) is 5.62. The molecule has 0 heterocycles. The standard InChI is InChI=1S/C18H18N2OS/c1-13-5-3-4-6-16(13)12-22-14(2)18(21)20-17-9-7-15(11-19)8-10-17/h3-10,14H,12H2,1-2H3,(H,20,21)/t14-/m0/s1. The lowest BCUT2D eigenvalue weighted by Crippen LogP contribution is -2.22.